The molecule has 0 bridgehead atoms. The molecule has 0 N–H and O–H groups in total. The van der Waals surface area contributed by atoms with Crippen LogP contribution in [0.1, 0.15) is 87.0 Å². The average Bonchev–Trinajstić information content (AvgIpc) is 3.67. The van der Waals surface area contributed by atoms with E-state index in [2.05, 4.69) is 100 Å². The van der Waals surface area contributed by atoms with E-state index in [-0.39, 0.29) is 52.3 Å². The van der Waals surface area contributed by atoms with E-state index < -0.39 is 50.7 Å². The molecule has 1 aromatic carbocycles. The molecule has 0 amide bonds. The predicted octanol–water partition coefficient (Wildman–Crippen LogP) is 10.7. The van der Waals surface area contributed by atoms with Crippen molar-refractivity contribution in [2.45, 2.75) is 177 Å². The minimum Gasteiger partial charge on any atom is -0.414 e. The van der Waals surface area contributed by atoms with Gasteiger partial charge in [0.05, 0.1) is 79.3 Å². The fourth-order valence-corrected chi connectivity index (χ4v) is 12.1. The summed E-state index contributed by atoms with van der Waals surface area (Å²) in [4.78, 5) is 0.297. The first-order valence-electron chi connectivity index (χ1n) is 22.2. The van der Waals surface area contributed by atoms with Gasteiger partial charge in [0.2, 0.25) is 0 Å². The number of hydrogen-bond donors (Lipinski definition) is 0. The molecule has 3 aliphatic heterocycles. The van der Waals surface area contributed by atoms with E-state index in [9.17, 15) is 8.42 Å². The second kappa shape index (κ2) is 21.3. The van der Waals surface area contributed by atoms with Gasteiger partial charge in [-0.15, -0.1) is 6.58 Å². The van der Waals surface area contributed by atoms with Crippen molar-refractivity contribution < 1.29 is 41.0 Å². The highest BCUT2D eigenvalue weighted by molar-refractivity contribution is 7.91. The molecule has 1 aromatic rings. The number of hydrogen-bond acceptors (Lipinski definition) is 9. The maximum atomic E-state index is 14.1. The van der Waals surface area contributed by atoms with Crippen molar-refractivity contribution >= 4 is 26.5 Å². The quantitative estimate of drug-likeness (QED) is 0.0679. The lowest BCUT2D eigenvalue weighted by Gasteiger charge is -2.42. The van der Waals surface area contributed by atoms with Gasteiger partial charge in [-0.05, 0) is 84.7 Å². The zero-order chi connectivity index (χ0) is 44.7. The summed E-state index contributed by atoms with van der Waals surface area (Å²) in [5.74, 6) is -0.334. The van der Waals surface area contributed by atoms with Crippen LogP contribution >= 0.6 is 0 Å². The van der Waals surface area contributed by atoms with Gasteiger partial charge in [-0.3, -0.25) is 0 Å². The molecule has 4 rings (SSSR count). The number of benzene rings is 1. The standard InChI is InChI=1S/C48H80O9SSi2/c1-16-26-52-27-20-21-37-29-35(3)42(54-37)25-24-38-28-34(2)36(4)43(55-38)31-44-41(33-58(49,50)40-22-18-17-19-23-40)46(51-11)45(56-44)30-39(57-60(14,15)48(8,9)10)32-53-59(12,13)47(5,6)7/h16-23,34,37-39,41-46H,1,3-4,24-33H2,2,5-15H3/t34-,37+,38+,39+,41+,42+,43-,44+,45-,46-/m1/s1. The van der Waals surface area contributed by atoms with E-state index in [4.69, 9.17) is 32.5 Å². The smallest absolute Gasteiger partial charge is 0.192 e. The monoisotopic (exact) mass is 889 g/mol. The van der Waals surface area contributed by atoms with Crippen molar-refractivity contribution in [3.63, 3.8) is 0 Å². The van der Waals surface area contributed by atoms with Gasteiger partial charge in [0.25, 0.3) is 0 Å². The Balaban J connectivity index is 1.56. The summed E-state index contributed by atoms with van der Waals surface area (Å²) in [6.07, 6.45) is 8.11. The summed E-state index contributed by atoms with van der Waals surface area (Å²) in [5, 5.41) is 0.0161. The lowest BCUT2D eigenvalue weighted by atomic mass is 9.83. The minimum absolute atomic E-state index is 0.00873. The molecule has 3 aliphatic rings. The molecule has 0 spiro atoms. The minimum atomic E-state index is -3.68. The maximum absolute atomic E-state index is 14.1. The number of sulfone groups is 1. The highest BCUT2D eigenvalue weighted by Gasteiger charge is 2.50. The van der Waals surface area contributed by atoms with Gasteiger partial charge in [-0.2, -0.15) is 0 Å². The topological polar surface area (TPSA) is 98.8 Å². The Kier molecular flexibility index (Phi) is 18.1. The molecule has 0 saturated carbocycles. The molecule has 0 aromatic heterocycles. The fourth-order valence-electron chi connectivity index (χ4n) is 8.07. The molecule has 0 aliphatic carbocycles. The number of rotatable bonds is 21. The molecule has 3 fully saturated rings. The zero-order valence-electron chi connectivity index (χ0n) is 39.2. The van der Waals surface area contributed by atoms with Gasteiger partial charge in [0, 0.05) is 32.3 Å². The van der Waals surface area contributed by atoms with Crippen LogP contribution in [0, 0.1) is 11.8 Å². The zero-order valence-corrected chi connectivity index (χ0v) is 42.0. The van der Waals surface area contributed by atoms with E-state index in [0.717, 1.165) is 36.8 Å². The molecule has 3 heterocycles. The highest BCUT2D eigenvalue weighted by atomic mass is 32.2. The van der Waals surface area contributed by atoms with Crippen molar-refractivity contribution in [2.24, 2.45) is 11.8 Å². The first-order valence-corrected chi connectivity index (χ1v) is 29.7. The van der Waals surface area contributed by atoms with E-state index in [1.54, 1.807) is 37.5 Å². The molecule has 0 unspecified atom stereocenters. The molecule has 10 atom stereocenters. The third-order valence-corrected chi connectivity index (χ3v) is 24.7. The van der Waals surface area contributed by atoms with Crippen molar-refractivity contribution in [1.29, 1.82) is 0 Å². The van der Waals surface area contributed by atoms with Crippen LogP contribution < -0.4 is 0 Å². The Labute approximate surface area is 366 Å². The Morgan fingerprint density at radius 2 is 1.57 bits per heavy atom. The maximum Gasteiger partial charge on any atom is 0.192 e. The third kappa shape index (κ3) is 13.6. The van der Waals surface area contributed by atoms with Crippen LogP contribution in [0.15, 0.2) is 84.3 Å². The molecule has 3 saturated heterocycles. The second-order valence-electron chi connectivity index (χ2n) is 20.5. The first kappa shape index (κ1) is 50.9. The molecule has 60 heavy (non-hydrogen) atoms. The molecule has 340 valence electrons. The number of ether oxygens (including phenoxy) is 5. The van der Waals surface area contributed by atoms with Gasteiger partial charge in [0.15, 0.2) is 26.5 Å². The first-order chi connectivity index (χ1) is 27.9. The van der Waals surface area contributed by atoms with Crippen LogP contribution in [0.3, 0.4) is 0 Å². The van der Waals surface area contributed by atoms with E-state index in [0.29, 0.717) is 37.6 Å². The summed E-state index contributed by atoms with van der Waals surface area (Å²) in [6, 6.07) is 8.70. The second-order valence-corrected chi connectivity index (χ2v) is 32.1. The molecular formula is C48H80O9SSi2. The van der Waals surface area contributed by atoms with Crippen LogP contribution in [-0.4, -0.2) is 107 Å². The summed E-state index contributed by atoms with van der Waals surface area (Å²) >= 11 is 0. The average molecular weight is 889 g/mol. The van der Waals surface area contributed by atoms with Gasteiger partial charge in [0.1, 0.15) is 0 Å². The summed E-state index contributed by atoms with van der Waals surface area (Å²) in [6.45, 7) is 38.8. The van der Waals surface area contributed by atoms with Crippen LogP contribution in [0.5, 0.6) is 0 Å². The van der Waals surface area contributed by atoms with Crippen LogP contribution in [-0.2, 0) is 42.4 Å². The van der Waals surface area contributed by atoms with Crippen molar-refractivity contribution in [1.82, 2.24) is 0 Å². The van der Waals surface area contributed by atoms with Crippen molar-refractivity contribution in [2.75, 3.05) is 32.7 Å². The normalized spacial score (nSPS) is 29.1. The van der Waals surface area contributed by atoms with Crippen LogP contribution in [0.25, 0.3) is 0 Å². The molecular weight excluding hydrogens is 809 g/mol. The van der Waals surface area contributed by atoms with Gasteiger partial charge in [-0.1, -0.05) is 98.1 Å². The van der Waals surface area contributed by atoms with Gasteiger partial charge >= 0.3 is 0 Å². The third-order valence-electron chi connectivity index (χ3n) is 13.9. The summed E-state index contributed by atoms with van der Waals surface area (Å²) in [5.41, 5.74) is 2.12. The van der Waals surface area contributed by atoms with Crippen LogP contribution in [0.4, 0.5) is 0 Å². The van der Waals surface area contributed by atoms with E-state index in [1.807, 2.05) is 12.1 Å². The van der Waals surface area contributed by atoms with Crippen molar-refractivity contribution in [3.05, 3.63) is 79.4 Å². The van der Waals surface area contributed by atoms with E-state index >= 15 is 0 Å². The lowest BCUT2D eigenvalue weighted by Crippen LogP contribution is -2.49. The molecule has 12 heteroatoms. The van der Waals surface area contributed by atoms with Crippen molar-refractivity contribution in [3.8, 4) is 0 Å². The van der Waals surface area contributed by atoms with Gasteiger partial charge in [-0.25, -0.2) is 8.42 Å². The Bertz CT molecular complexity index is 1700. The predicted molar refractivity (Wildman–Crippen MR) is 249 cm³/mol. The number of methoxy groups -OCH3 is 1. The van der Waals surface area contributed by atoms with Crippen LogP contribution in [0.2, 0.25) is 36.3 Å². The Morgan fingerprint density at radius 3 is 2.18 bits per heavy atom. The lowest BCUT2D eigenvalue weighted by molar-refractivity contribution is -0.0777. The highest BCUT2D eigenvalue weighted by Crippen LogP contribution is 2.44. The van der Waals surface area contributed by atoms with E-state index in [1.165, 1.54) is 0 Å². The SMILES string of the molecule is C=CCOCC=C[C@H]1CC(=C)[C@H](CC[C@H]2C[C@@H](C)C(=C)[C@@H](C[C@@H]3O[C@H](C[C@@H](CO[Si](C)(C)C(C)(C)C)O[Si](C)(C)C(C)(C)C)[C@H](OC)[C@H]3CS(=O)(=O)c3ccccc3)O2)O1. The summed E-state index contributed by atoms with van der Waals surface area (Å²) < 4.78 is 74.3. The largest absolute Gasteiger partial charge is 0.414 e. The summed E-state index contributed by atoms with van der Waals surface area (Å²) in [7, 11) is -6.37. The van der Waals surface area contributed by atoms with Gasteiger partial charge < -0.3 is 32.5 Å². The Morgan fingerprint density at radius 1 is 0.900 bits per heavy atom. The molecule has 0 radical (unpaired) electrons. The molecule has 9 nitrogen and oxygen atoms in total. The Hall–Kier alpha value is -1.72. The fraction of sp³-hybridized carbons (Fsp3) is 0.708.